The number of nitriles is 1. The number of nitrogens with zero attached hydrogens (tertiary/aromatic N) is 2. The van der Waals surface area contributed by atoms with Gasteiger partial charge in [-0.05, 0) is 50.0 Å². The Labute approximate surface area is 152 Å². The molecule has 1 amide bonds. The summed E-state index contributed by atoms with van der Waals surface area (Å²) < 4.78 is 2.19. The van der Waals surface area contributed by atoms with E-state index in [1.807, 2.05) is 24.3 Å². The molecule has 0 radical (unpaired) electrons. The van der Waals surface area contributed by atoms with Gasteiger partial charge < -0.3 is 9.88 Å². The molecule has 0 atom stereocenters. The molecule has 1 aromatic heterocycles. The van der Waals surface area contributed by atoms with Crippen molar-refractivity contribution in [3.05, 3.63) is 52.5 Å². The molecule has 0 spiro atoms. The topological polar surface area (TPSA) is 57.8 Å². The Morgan fingerprint density at radius 1 is 1.31 bits per heavy atom. The lowest BCUT2D eigenvalue weighted by Gasteiger charge is -2.10. The van der Waals surface area contributed by atoms with E-state index in [9.17, 15) is 10.1 Å². The zero-order valence-electron chi connectivity index (χ0n) is 14.8. The number of amides is 1. The average Bonchev–Trinajstić information content (AvgIpc) is 3.48. The highest BCUT2D eigenvalue weighted by Crippen LogP contribution is 2.30. The van der Waals surface area contributed by atoms with E-state index in [4.69, 9.17) is 0 Å². The van der Waals surface area contributed by atoms with E-state index in [1.165, 1.54) is 0 Å². The van der Waals surface area contributed by atoms with E-state index in [-0.39, 0.29) is 11.8 Å². The predicted molar refractivity (Wildman–Crippen MR) is 104 cm³/mol. The maximum absolute atomic E-state index is 11.9. The first-order valence-corrected chi connectivity index (χ1v) is 9.14. The normalized spacial score (nSPS) is 15.2. The van der Waals surface area contributed by atoms with Crippen molar-refractivity contribution in [1.82, 2.24) is 4.57 Å². The zero-order chi connectivity index (χ0) is 18.1. The summed E-state index contributed by atoms with van der Waals surface area (Å²) in [4.78, 5) is 11.9. The number of hydrogen-bond donors (Lipinski definition) is 1. The monoisotopic (exact) mass is 343 g/mol. The average molecular weight is 343 g/mol. The highest BCUT2D eigenvalue weighted by molar-refractivity contribution is 5.94. The van der Waals surface area contributed by atoms with Gasteiger partial charge in [-0.3, -0.25) is 4.79 Å². The summed E-state index contributed by atoms with van der Waals surface area (Å²) in [5.41, 5.74) is 3.47. The molecule has 0 bridgehead atoms. The largest absolute Gasteiger partial charge is 0.340 e. The lowest BCUT2D eigenvalue weighted by Crippen LogP contribution is -2.29. The van der Waals surface area contributed by atoms with E-state index in [2.05, 4.69) is 47.2 Å². The first kappa shape index (κ1) is 16.4. The molecule has 130 valence electrons. The number of rotatable bonds is 4. The fourth-order valence-corrected chi connectivity index (χ4v) is 3.51. The van der Waals surface area contributed by atoms with Crippen LogP contribution in [0, 0.1) is 17.2 Å². The van der Waals surface area contributed by atoms with Gasteiger partial charge in [-0.25, -0.2) is 0 Å². The Morgan fingerprint density at radius 3 is 2.73 bits per heavy atom. The maximum Gasteiger partial charge on any atom is 0.227 e. The minimum absolute atomic E-state index is 0.107. The second kappa shape index (κ2) is 6.68. The number of anilines is 1. The molecule has 1 heterocycles. The van der Waals surface area contributed by atoms with Gasteiger partial charge in [0.2, 0.25) is 5.91 Å². The number of benzene rings is 1. The number of fused-ring (bicyclic) bond motifs is 1. The van der Waals surface area contributed by atoms with Crippen LogP contribution < -0.4 is 15.9 Å². The van der Waals surface area contributed by atoms with Gasteiger partial charge in [-0.2, -0.15) is 5.26 Å². The Kier molecular flexibility index (Phi) is 4.22. The molecule has 2 aromatic rings. The Hall–Kier alpha value is -3.06. The molecule has 4 heteroatoms. The molecule has 4 nitrogen and oxygen atoms in total. The summed E-state index contributed by atoms with van der Waals surface area (Å²) in [5.74, 6) is 0.294. The summed E-state index contributed by atoms with van der Waals surface area (Å²) in [7, 11) is 0. The van der Waals surface area contributed by atoms with Crippen LogP contribution in [-0.4, -0.2) is 10.5 Å². The van der Waals surface area contributed by atoms with Crippen LogP contribution in [0.2, 0.25) is 0 Å². The molecule has 2 aliphatic carbocycles. The van der Waals surface area contributed by atoms with Crippen LogP contribution >= 0.6 is 0 Å². The first-order chi connectivity index (χ1) is 12.7. The van der Waals surface area contributed by atoms with E-state index in [1.54, 1.807) is 0 Å². The van der Waals surface area contributed by atoms with E-state index >= 15 is 0 Å². The SMILES string of the molecule is CCn1c(-c2ccc(NC(=O)C3CC3)cc2)c(C#N)c2c1=CC=CCC=2. The second-order valence-electron chi connectivity index (χ2n) is 6.75. The third kappa shape index (κ3) is 2.86. The highest BCUT2D eigenvalue weighted by Gasteiger charge is 2.29. The Morgan fingerprint density at radius 2 is 2.08 bits per heavy atom. The Bertz CT molecular complexity index is 1040. The van der Waals surface area contributed by atoms with Crippen molar-refractivity contribution in [1.29, 1.82) is 5.26 Å². The molecule has 2 aliphatic rings. The fourth-order valence-electron chi connectivity index (χ4n) is 3.51. The number of aromatic nitrogens is 1. The summed E-state index contributed by atoms with van der Waals surface area (Å²) in [6.07, 6.45) is 11.2. The summed E-state index contributed by atoms with van der Waals surface area (Å²) in [5, 5.41) is 14.9. The lowest BCUT2D eigenvalue weighted by molar-refractivity contribution is -0.117. The number of hydrogen-bond acceptors (Lipinski definition) is 2. The van der Waals surface area contributed by atoms with Crippen LogP contribution in [-0.2, 0) is 11.3 Å². The standard InChI is InChI=1S/C22H21N3O/c1-2-25-20-7-5-3-4-6-18(20)19(14-23)21(25)15-10-12-17(13-11-15)24-22(26)16-8-9-16/h3,5-7,10-13,16H,2,4,8-9H2,1H3,(H,24,26). The molecule has 0 saturated heterocycles. The number of carbonyl (C=O) groups excluding carboxylic acids is 1. The van der Waals surface area contributed by atoms with E-state index < -0.39 is 0 Å². The number of allylic oxidation sites excluding steroid dienone is 2. The molecular formula is C22H21N3O. The molecule has 1 saturated carbocycles. The van der Waals surface area contributed by atoms with Crippen LogP contribution in [0.15, 0.2) is 36.4 Å². The van der Waals surface area contributed by atoms with Gasteiger partial charge in [0.25, 0.3) is 0 Å². The molecule has 0 unspecified atom stereocenters. The maximum atomic E-state index is 11.9. The quantitative estimate of drug-likeness (QED) is 0.928. The van der Waals surface area contributed by atoms with Crippen molar-refractivity contribution in [2.75, 3.05) is 5.32 Å². The molecule has 1 N–H and O–H groups in total. The molecule has 1 aromatic carbocycles. The van der Waals surface area contributed by atoms with E-state index in [0.717, 1.165) is 58.9 Å². The van der Waals surface area contributed by atoms with Crippen LogP contribution in [0.3, 0.4) is 0 Å². The van der Waals surface area contributed by atoms with Crippen molar-refractivity contribution in [3.8, 4) is 17.3 Å². The number of carbonyl (C=O) groups is 1. The van der Waals surface area contributed by atoms with Crippen molar-refractivity contribution >= 4 is 23.7 Å². The minimum Gasteiger partial charge on any atom is -0.340 e. The zero-order valence-corrected chi connectivity index (χ0v) is 14.8. The van der Waals surface area contributed by atoms with Crippen LogP contribution in [0.25, 0.3) is 23.4 Å². The first-order valence-electron chi connectivity index (χ1n) is 9.14. The van der Waals surface area contributed by atoms with Crippen LogP contribution in [0.4, 0.5) is 5.69 Å². The highest BCUT2D eigenvalue weighted by atomic mass is 16.2. The molecule has 26 heavy (non-hydrogen) atoms. The van der Waals surface area contributed by atoms with Gasteiger partial charge >= 0.3 is 0 Å². The van der Waals surface area contributed by atoms with Gasteiger partial charge in [0, 0.05) is 28.7 Å². The van der Waals surface area contributed by atoms with Crippen molar-refractivity contribution < 1.29 is 4.79 Å². The summed E-state index contributed by atoms with van der Waals surface area (Å²) in [6.45, 7) is 2.88. The molecule has 4 rings (SSSR count). The van der Waals surface area contributed by atoms with Gasteiger partial charge in [0.1, 0.15) is 6.07 Å². The smallest absolute Gasteiger partial charge is 0.227 e. The van der Waals surface area contributed by atoms with Crippen molar-refractivity contribution in [2.24, 2.45) is 5.92 Å². The fraction of sp³-hybridized carbons (Fsp3) is 0.273. The minimum atomic E-state index is 0.107. The second-order valence-corrected chi connectivity index (χ2v) is 6.75. The third-order valence-corrected chi connectivity index (χ3v) is 4.99. The van der Waals surface area contributed by atoms with Crippen LogP contribution in [0.5, 0.6) is 0 Å². The summed E-state index contributed by atoms with van der Waals surface area (Å²) in [6, 6.07) is 10.2. The molecule has 1 fully saturated rings. The van der Waals surface area contributed by atoms with Crippen molar-refractivity contribution in [3.63, 3.8) is 0 Å². The van der Waals surface area contributed by atoms with Crippen LogP contribution in [0.1, 0.15) is 31.7 Å². The third-order valence-electron chi connectivity index (χ3n) is 4.99. The lowest BCUT2D eigenvalue weighted by atomic mass is 10.1. The van der Waals surface area contributed by atoms with Gasteiger partial charge in [-0.1, -0.05) is 30.4 Å². The number of nitrogens with one attached hydrogen (secondary N) is 1. The molecule has 0 aliphatic heterocycles. The Balaban J connectivity index is 1.78. The van der Waals surface area contributed by atoms with Gasteiger partial charge in [0.15, 0.2) is 0 Å². The van der Waals surface area contributed by atoms with Crippen molar-refractivity contribution in [2.45, 2.75) is 32.7 Å². The van der Waals surface area contributed by atoms with E-state index in [0.29, 0.717) is 0 Å². The summed E-state index contributed by atoms with van der Waals surface area (Å²) >= 11 is 0. The van der Waals surface area contributed by atoms with Gasteiger partial charge in [-0.15, -0.1) is 0 Å². The molecular weight excluding hydrogens is 322 g/mol. The van der Waals surface area contributed by atoms with Gasteiger partial charge in [0.05, 0.1) is 11.3 Å². The predicted octanol–water partition coefficient (Wildman–Crippen LogP) is 2.92.